The molecular weight excluding hydrogens is 302 g/mol. The molecule has 0 unspecified atom stereocenters. The van der Waals surface area contributed by atoms with Crippen LogP contribution in [0.2, 0.25) is 0 Å². The minimum absolute atomic E-state index is 0.0553. The van der Waals surface area contributed by atoms with Crippen LogP contribution in [-0.2, 0) is 0 Å². The van der Waals surface area contributed by atoms with E-state index in [1.807, 2.05) is 53.2 Å². The second-order valence-corrected chi connectivity index (χ2v) is 5.29. The van der Waals surface area contributed by atoms with Crippen LogP contribution < -0.4 is 10.1 Å². The molecular formula is C19H19N3O2. The van der Waals surface area contributed by atoms with E-state index in [0.29, 0.717) is 18.7 Å². The molecule has 1 N–H and O–H groups in total. The van der Waals surface area contributed by atoms with E-state index in [0.717, 1.165) is 17.9 Å². The molecule has 122 valence electrons. The monoisotopic (exact) mass is 321 g/mol. The number of imidazole rings is 1. The van der Waals surface area contributed by atoms with Gasteiger partial charge in [0.05, 0.1) is 12.9 Å². The number of rotatable bonds is 7. The molecule has 0 bridgehead atoms. The van der Waals surface area contributed by atoms with Gasteiger partial charge in [-0.2, -0.15) is 0 Å². The maximum Gasteiger partial charge on any atom is 0.251 e. The highest BCUT2D eigenvalue weighted by atomic mass is 16.5. The molecule has 1 aromatic heterocycles. The Morgan fingerprint density at radius 3 is 2.58 bits per heavy atom. The summed E-state index contributed by atoms with van der Waals surface area (Å²) in [5, 5.41) is 2.88. The number of benzene rings is 2. The molecule has 0 atom stereocenters. The van der Waals surface area contributed by atoms with E-state index >= 15 is 0 Å². The number of hydrogen-bond acceptors (Lipinski definition) is 3. The maximum absolute atomic E-state index is 11.9. The molecule has 0 aliphatic rings. The highest BCUT2D eigenvalue weighted by Gasteiger charge is 2.03. The third-order valence-corrected chi connectivity index (χ3v) is 3.55. The van der Waals surface area contributed by atoms with Gasteiger partial charge in [-0.25, -0.2) is 4.98 Å². The van der Waals surface area contributed by atoms with Crippen molar-refractivity contribution in [2.24, 2.45) is 0 Å². The van der Waals surface area contributed by atoms with Gasteiger partial charge in [-0.3, -0.25) is 4.79 Å². The zero-order valence-electron chi connectivity index (χ0n) is 13.3. The Morgan fingerprint density at radius 2 is 1.88 bits per heavy atom. The quantitative estimate of drug-likeness (QED) is 0.680. The first-order chi connectivity index (χ1) is 11.8. The largest absolute Gasteiger partial charge is 0.494 e. The summed E-state index contributed by atoms with van der Waals surface area (Å²) < 4.78 is 7.62. The molecule has 0 fully saturated rings. The zero-order valence-corrected chi connectivity index (χ0v) is 13.3. The molecule has 5 nitrogen and oxygen atoms in total. The van der Waals surface area contributed by atoms with Gasteiger partial charge in [-0.1, -0.05) is 18.2 Å². The van der Waals surface area contributed by atoms with Crippen molar-refractivity contribution < 1.29 is 9.53 Å². The first-order valence-electron chi connectivity index (χ1n) is 7.87. The average molecular weight is 321 g/mol. The lowest BCUT2D eigenvalue weighted by molar-refractivity contribution is 0.0951. The number of nitrogens with zero attached hydrogens (tertiary/aromatic N) is 2. The van der Waals surface area contributed by atoms with Gasteiger partial charge in [-0.15, -0.1) is 0 Å². The third kappa shape index (κ3) is 4.23. The topological polar surface area (TPSA) is 56.1 Å². The number of ether oxygens (including phenoxy) is 1. The van der Waals surface area contributed by atoms with Crippen molar-refractivity contribution in [1.29, 1.82) is 0 Å². The molecule has 0 radical (unpaired) electrons. The Balaban J connectivity index is 1.38. The predicted octanol–water partition coefficient (Wildman–Crippen LogP) is 3.07. The SMILES string of the molecule is O=C(NCCCOc1ccc(-n2ccnc2)cc1)c1ccccc1. The molecule has 0 saturated carbocycles. The maximum atomic E-state index is 11.9. The molecule has 0 saturated heterocycles. The van der Waals surface area contributed by atoms with Crippen LogP contribution in [0.4, 0.5) is 0 Å². The molecule has 0 aliphatic carbocycles. The minimum Gasteiger partial charge on any atom is -0.494 e. The Bertz CT molecular complexity index is 753. The first-order valence-corrected chi connectivity index (χ1v) is 7.87. The smallest absolute Gasteiger partial charge is 0.251 e. The van der Waals surface area contributed by atoms with E-state index in [9.17, 15) is 4.79 Å². The van der Waals surface area contributed by atoms with Crippen molar-refractivity contribution in [2.45, 2.75) is 6.42 Å². The number of aromatic nitrogens is 2. The Morgan fingerprint density at radius 1 is 1.08 bits per heavy atom. The first kappa shape index (κ1) is 15.8. The number of carbonyl (C=O) groups excluding carboxylic acids is 1. The third-order valence-electron chi connectivity index (χ3n) is 3.55. The van der Waals surface area contributed by atoms with Gasteiger partial charge in [0, 0.05) is 30.2 Å². The van der Waals surface area contributed by atoms with Crippen LogP contribution in [0, 0.1) is 0 Å². The van der Waals surface area contributed by atoms with Gasteiger partial charge < -0.3 is 14.6 Å². The van der Waals surface area contributed by atoms with Crippen molar-refractivity contribution in [3.8, 4) is 11.4 Å². The normalized spacial score (nSPS) is 10.3. The summed E-state index contributed by atoms with van der Waals surface area (Å²) in [7, 11) is 0. The zero-order chi connectivity index (χ0) is 16.6. The van der Waals surface area contributed by atoms with Crippen LogP contribution in [0.5, 0.6) is 5.75 Å². The molecule has 0 aliphatic heterocycles. The molecule has 24 heavy (non-hydrogen) atoms. The van der Waals surface area contributed by atoms with E-state index in [1.165, 1.54) is 0 Å². The fraction of sp³-hybridized carbons (Fsp3) is 0.158. The summed E-state index contributed by atoms with van der Waals surface area (Å²) in [6, 6.07) is 17.0. The van der Waals surface area contributed by atoms with Crippen LogP contribution in [0.1, 0.15) is 16.8 Å². The number of hydrogen-bond donors (Lipinski definition) is 1. The lowest BCUT2D eigenvalue weighted by Crippen LogP contribution is -2.25. The number of carbonyl (C=O) groups is 1. The molecule has 1 amide bonds. The van der Waals surface area contributed by atoms with Gasteiger partial charge >= 0.3 is 0 Å². The van der Waals surface area contributed by atoms with Crippen molar-refractivity contribution in [2.75, 3.05) is 13.2 Å². The molecule has 2 aromatic carbocycles. The minimum atomic E-state index is -0.0553. The number of amides is 1. The Hall–Kier alpha value is -3.08. The van der Waals surface area contributed by atoms with E-state index in [4.69, 9.17) is 4.74 Å². The predicted molar refractivity (Wildman–Crippen MR) is 92.5 cm³/mol. The van der Waals surface area contributed by atoms with Crippen LogP contribution in [0.15, 0.2) is 73.3 Å². The standard InChI is InChI=1S/C19H19N3O2/c23-19(16-5-2-1-3-6-16)21-11-4-14-24-18-9-7-17(8-10-18)22-13-12-20-15-22/h1-3,5-10,12-13,15H,4,11,14H2,(H,21,23). The van der Waals surface area contributed by atoms with Gasteiger partial charge in [0.2, 0.25) is 0 Å². The van der Waals surface area contributed by atoms with Gasteiger partial charge in [-0.05, 0) is 42.8 Å². The van der Waals surface area contributed by atoms with E-state index < -0.39 is 0 Å². The van der Waals surface area contributed by atoms with E-state index in [1.54, 1.807) is 24.7 Å². The number of nitrogens with one attached hydrogen (secondary N) is 1. The second-order valence-electron chi connectivity index (χ2n) is 5.29. The fourth-order valence-corrected chi connectivity index (χ4v) is 2.28. The van der Waals surface area contributed by atoms with Crippen molar-refractivity contribution in [3.63, 3.8) is 0 Å². The van der Waals surface area contributed by atoms with Gasteiger partial charge in [0.15, 0.2) is 0 Å². The van der Waals surface area contributed by atoms with Gasteiger partial charge in [0.25, 0.3) is 5.91 Å². The summed E-state index contributed by atoms with van der Waals surface area (Å²) in [6.07, 6.45) is 6.15. The van der Waals surface area contributed by atoms with Crippen molar-refractivity contribution in [3.05, 3.63) is 78.9 Å². The van der Waals surface area contributed by atoms with Crippen molar-refractivity contribution in [1.82, 2.24) is 14.9 Å². The summed E-state index contributed by atoms with van der Waals surface area (Å²) in [5.41, 5.74) is 1.71. The Kier molecular flexibility index (Phi) is 5.24. The van der Waals surface area contributed by atoms with Crippen LogP contribution >= 0.6 is 0 Å². The average Bonchev–Trinajstić information content (AvgIpc) is 3.17. The highest BCUT2D eigenvalue weighted by Crippen LogP contribution is 2.15. The lowest BCUT2D eigenvalue weighted by atomic mass is 10.2. The van der Waals surface area contributed by atoms with Gasteiger partial charge in [0.1, 0.15) is 5.75 Å². The van der Waals surface area contributed by atoms with Crippen LogP contribution in [-0.4, -0.2) is 28.6 Å². The summed E-state index contributed by atoms with van der Waals surface area (Å²) in [5.74, 6) is 0.758. The summed E-state index contributed by atoms with van der Waals surface area (Å²) in [6.45, 7) is 1.14. The molecule has 1 heterocycles. The molecule has 3 rings (SSSR count). The summed E-state index contributed by atoms with van der Waals surface area (Å²) >= 11 is 0. The Labute approximate surface area is 140 Å². The highest BCUT2D eigenvalue weighted by molar-refractivity contribution is 5.94. The van der Waals surface area contributed by atoms with E-state index in [2.05, 4.69) is 10.3 Å². The lowest BCUT2D eigenvalue weighted by Gasteiger charge is -2.08. The van der Waals surface area contributed by atoms with Crippen molar-refractivity contribution >= 4 is 5.91 Å². The molecule has 0 spiro atoms. The second kappa shape index (κ2) is 7.97. The van der Waals surface area contributed by atoms with E-state index in [-0.39, 0.29) is 5.91 Å². The van der Waals surface area contributed by atoms with Crippen LogP contribution in [0.3, 0.4) is 0 Å². The molecule has 3 aromatic rings. The molecule has 5 heteroatoms. The summed E-state index contributed by atoms with van der Waals surface area (Å²) in [4.78, 5) is 15.9. The fourth-order valence-electron chi connectivity index (χ4n) is 2.28. The van der Waals surface area contributed by atoms with Crippen LogP contribution in [0.25, 0.3) is 5.69 Å².